The van der Waals surface area contributed by atoms with E-state index in [9.17, 15) is 0 Å². The van der Waals surface area contributed by atoms with Crippen LogP contribution < -0.4 is 11.1 Å². The number of nitrogens with one attached hydrogen (secondary N) is 1. The fourth-order valence-corrected chi connectivity index (χ4v) is 2.62. The maximum absolute atomic E-state index is 6.00. The molecule has 104 valence electrons. The molecule has 3 rings (SSSR count). The van der Waals surface area contributed by atoms with Crippen molar-refractivity contribution < 1.29 is 0 Å². The lowest BCUT2D eigenvalue weighted by atomic mass is 10.0. The summed E-state index contributed by atoms with van der Waals surface area (Å²) in [5.74, 6) is 0. The van der Waals surface area contributed by atoms with E-state index in [4.69, 9.17) is 5.73 Å². The molecule has 2 aromatic carbocycles. The Bertz CT molecular complexity index is 737. The largest absolute Gasteiger partial charge is 0.396 e. The Hall–Kier alpha value is -2.33. The normalized spacial score (nSPS) is 10.3. The van der Waals surface area contributed by atoms with E-state index < -0.39 is 0 Å². The molecule has 0 fully saturated rings. The summed E-state index contributed by atoms with van der Waals surface area (Å²) in [6.45, 7) is 0. The van der Waals surface area contributed by atoms with Gasteiger partial charge in [-0.25, -0.2) is 0 Å². The van der Waals surface area contributed by atoms with Gasteiger partial charge in [-0.3, -0.25) is 4.98 Å². The molecule has 3 N–H and O–H groups in total. The van der Waals surface area contributed by atoms with Gasteiger partial charge >= 0.3 is 0 Å². The zero-order valence-corrected chi connectivity index (χ0v) is 12.8. The van der Waals surface area contributed by atoms with Gasteiger partial charge in [0.05, 0.1) is 22.0 Å². The maximum Gasteiger partial charge on any atom is 0.0794 e. The zero-order chi connectivity index (χ0) is 14.7. The summed E-state index contributed by atoms with van der Waals surface area (Å²) in [5.41, 5.74) is 10.7. The van der Waals surface area contributed by atoms with Crippen LogP contribution in [0.1, 0.15) is 0 Å². The second-order valence-electron chi connectivity index (χ2n) is 4.62. The Morgan fingerprint density at radius 1 is 0.905 bits per heavy atom. The lowest BCUT2D eigenvalue weighted by molar-refractivity contribution is 1.31. The molecule has 0 atom stereocenters. The van der Waals surface area contributed by atoms with Gasteiger partial charge < -0.3 is 11.1 Å². The van der Waals surface area contributed by atoms with Gasteiger partial charge in [-0.15, -0.1) is 0 Å². The van der Waals surface area contributed by atoms with E-state index in [0.29, 0.717) is 5.69 Å². The standard InChI is InChI=1S/C17H14BrN3/c18-14-10-20-11-15(19)17(14)21-16-9-5-4-8-13(16)12-6-2-1-3-7-12/h1-11H,19H2,(H,20,21). The number of hydrogen-bond acceptors (Lipinski definition) is 3. The molecule has 0 amide bonds. The Balaban J connectivity index is 2.05. The molecule has 0 bridgehead atoms. The van der Waals surface area contributed by atoms with Gasteiger partial charge in [0, 0.05) is 17.4 Å². The van der Waals surface area contributed by atoms with E-state index in [1.807, 2.05) is 36.4 Å². The lowest BCUT2D eigenvalue weighted by Gasteiger charge is -2.14. The van der Waals surface area contributed by atoms with Crippen molar-refractivity contribution in [3.63, 3.8) is 0 Å². The van der Waals surface area contributed by atoms with Crippen LogP contribution in [-0.4, -0.2) is 4.98 Å². The molecule has 0 aliphatic heterocycles. The molecule has 4 heteroatoms. The van der Waals surface area contributed by atoms with Crippen LogP contribution in [0, 0.1) is 0 Å². The van der Waals surface area contributed by atoms with Gasteiger partial charge in [0.2, 0.25) is 0 Å². The quantitative estimate of drug-likeness (QED) is 0.717. The first kappa shape index (κ1) is 13.6. The smallest absolute Gasteiger partial charge is 0.0794 e. The highest BCUT2D eigenvalue weighted by molar-refractivity contribution is 9.10. The number of nitrogens with two attached hydrogens (primary N) is 1. The van der Waals surface area contributed by atoms with E-state index in [1.54, 1.807) is 12.4 Å². The maximum atomic E-state index is 6.00. The number of anilines is 3. The molecule has 0 unspecified atom stereocenters. The summed E-state index contributed by atoms with van der Waals surface area (Å²) >= 11 is 3.48. The van der Waals surface area contributed by atoms with Crippen molar-refractivity contribution in [1.82, 2.24) is 4.98 Å². The molecule has 0 spiro atoms. The first-order chi connectivity index (χ1) is 10.3. The number of halogens is 1. The number of aromatic nitrogens is 1. The number of pyridine rings is 1. The Morgan fingerprint density at radius 3 is 2.38 bits per heavy atom. The number of nitrogen functional groups attached to an aromatic ring is 1. The number of benzene rings is 2. The highest BCUT2D eigenvalue weighted by Crippen LogP contribution is 2.34. The van der Waals surface area contributed by atoms with Gasteiger partial charge in [0.25, 0.3) is 0 Å². The molecular weight excluding hydrogens is 326 g/mol. The van der Waals surface area contributed by atoms with E-state index >= 15 is 0 Å². The van der Waals surface area contributed by atoms with Gasteiger partial charge in [-0.05, 0) is 27.6 Å². The van der Waals surface area contributed by atoms with E-state index in [2.05, 4.69) is 44.4 Å². The second kappa shape index (κ2) is 5.97. The highest BCUT2D eigenvalue weighted by Gasteiger charge is 2.09. The third kappa shape index (κ3) is 2.90. The van der Waals surface area contributed by atoms with Crippen molar-refractivity contribution in [2.75, 3.05) is 11.1 Å². The Labute approximate surface area is 132 Å². The number of rotatable bonds is 3. The summed E-state index contributed by atoms with van der Waals surface area (Å²) in [6, 6.07) is 18.4. The molecule has 0 saturated heterocycles. The van der Waals surface area contributed by atoms with E-state index in [-0.39, 0.29) is 0 Å². The van der Waals surface area contributed by atoms with Crippen molar-refractivity contribution in [1.29, 1.82) is 0 Å². The average Bonchev–Trinajstić information content (AvgIpc) is 2.52. The van der Waals surface area contributed by atoms with Crippen molar-refractivity contribution in [2.45, 2.75) is 0 Å². The van der Waals surface area contributed by atoms with Gasteiger partial charge in [0.15, 0.2) is 0 Å². The van der Waals surface area contributed by atoms with Crippen LogP contribution in [0.5, 0.6) is 0 Å². The molecule has 21 heavy (non-hydrogen) atoms. The minimum absolute atomic E-state index is 0.604. The Morgan fingerprint density at radius 2 is 1.62 bits per heavy atom. The fraction of sp³-hybridized carbons (Fsp3) is 0. The fourth-order valence-electron chi connectivity index (χ4n) is 2.18. The van der Waals surface area contributed by atoms with Crippen LogP contribution in [0.4, 0.5) is 17.1 Å². The molecule has 1 aromatic heterocycles. The van der Waals surface area contributed by atoms with Crippen molar-refractivity contribution in [2.24, 2.45) is 0 Å². The van der Waals surface area contributed by atoms with Crippen LogP contribution in [0.25, 0.3) is 11.1 Å². The molecule has 3 nitrogen and oxygen atoms in total. The minimum Gasteiger partial charge on any atom is -0.396 e. The number of para-hydroxylation sites is 1. The summed E-state index contributed by atoms with van der Waals surface area (Å²) in [4.78, 5) is 4.05. The van der Waals surface area contributed by atoms with E-state index in [1.165, 1.54) is 0 Å². The molecule has 0 radical (unpaired) electrons. The summed E-state index contributed by atoms with van der Waals surface area (Å²) in [6.07, 6.45) is 3.36. The molecule has 3 aromatic rings. The molecular formula is C17H14BrN3. The van der Waals surface area contributed by atoms with Gasteiger partial charge in [0.1, 0.15) is 0 Å². The van der Waals surface area contributed by atoms with Crippen LogP contribution in [0.2, 0.25) is 0 Å². The average molecular weight is 340 g/mol. The SMILES string of the molecule is Nc1cncc(Br)c1Nc1ccccc1-c1ccccc1. The second-order valence-corrected chi connectivity index (χ2v) is 5.48. The van der Waals surface area contributed by atoms with Gasteiger partial charge in [-0.2, -0.15) is 0 Å². The first-order valence-corrected chi connectivity index (χ1v) is 7.35. The van der Waals surface area contributed by atoms with Crippen LogP contribution >= 0.6 is 15.9 Å². The van der Waals surface area contributed by atoms with Crippen LogP contribution in [0.3, 0.4) is 0 Å². The van der Waals surface area contributed by atoms with Crippen LogP contribution in [-0.2, 0) is 0 Å². The van der Waals surface area contributed by atoms with Crippen molar-refractivity contribution >= 4 is 33.0 Å². The monoisotopic (exact) mass is 339 g/mol. The highest BCUT2D eigenvalue weighted by atomic mass is 79.9. The van der Waals surface area contributed by atoms with Gasteiger partial charge in [-0.1, -0.05) is 48.5 Å². The third-order valence-corrected chi connectivity index (χ3v) is 3.80. The molecule has 0 saturated carbocycles. The Kier molecular flexibility index (Phi) is 3.88. The zero-order valence-electron chi connectivity index (χ0n) is 11.3. The predicted molar refractivity (Wildman–Crippen MR) is 91.5 cm³/mol. The summed E-state index contributed by atoms with van der Waals surface area (Å²) < 4.78 is 0.838. The molecule has 0 aliphatic rings. The topological polar surface area (TPSA) is 50.9 Å². The van der Waals surface area contributed by atoms with Crippen molar-refractivity contribution in [3.05, 3.63) is 71.5 Å². The molecule has 0 aliphatic carbocycles. The van der Waals surface area contributed by atoms with Crippen molar-refractivity contribution in [3.8, 4) is 11.1 Å². The number of nitrogens with zero attached hydrogens (tertiary/aromatic N) is 1. The molecule has 1 heterocycles. The van der Waals surface area contributed by atoms with Crippen LogP contribution in [0.15, 0.2) is 71.5 Å². The lowest BCUT2D eigenvalue weighted by Crippen LogP contribution is -1.99. The first-order valence-electron chi connectivity index (χ1n) is 6.56. The minimum atomic E-state index is 0.604. The summed E-state index contributed by atoms with van der Waals surface area (Å²) in [7, 11) is 0. The summed E-state index contributed by atoms with van der Waals surface area (Å²) in [5, 5.41) is 3.40. The number of hydrogen-bond donors (Lipinski definition) is 2. The predicted octanol–water partition coefficient (Wildman–Crippen LogP) is 4.84. The third-order valence-electron chi connectivity index (χ3n) is 3.20. The van der Waals surface area contributed by atoms with E-state index in [0.717, 1.165) is 27.0 Å².